The van der Waals surface area contributed by atoms with Crippen molar-refractivity contribution in [2.45, 2.75) is 51.4 Å². The third-order valence-electron chi connectivity index (χ3n) is 3.72. The highest BCUT2D eigenvalue weighted by Crippen LogP contribution is 2.21. The van der Waals surface area contributed by atoms with Gasteiger partial charge in [0.1, 0.15) is 5.82 Å². The van der Waals surface area contributed by atoms with Gasteiger partial charge in [-0.2, -0.15) is 0 Å². The first-order valence-corrected chi connectivity index (χ1v) is 7.15. The zero-order valence-corrected chi connectivity index (χ0v) is 11.7. The third-order valence-corrected chi connectivity index (χ3v) is 3.72. The summed E-state index contributed by atoms with van der Waals surface area (Å²) in [4.78, 5) is 11.4. The Labute approximate surface area is 114 Å². The lowest BCUT2D eigenvalue weighted by atomic mass is 10.2. The van der Waals surface area contributed by atoms with E-state index in [4.69, 9.17) is 9.72 Å². The number of hydrogen-bond donors (Lipinski definition) is 1. The summed E-state index contributed by atoms with van der Waals surface area (Å²) in [7, 11) is 0. The second-order valence-corrected chi connectivity index (χ2v) is 5.67. The van der Waals surface area contributed by atoms with Gasteiger partial charge >= 0.3 is 0 Å². The Bertz CT molecular complexity index is 435. The average molecular weight is 262 g/mol. The van der Waals surface area contributed by atoms with Crippen LogP contribution in [-0.4, -0.2) is 41.3 Å². The summed E-state index contributed by atoms with van der Waals surface area (Å²) in [6, 6.07) is 1.06. The molecule has 2 unspecified atom stereocenters. The van der Waals surface area contributed by atoms with Crippen molar-refractivity contribution in [3.05, 3.63) is 18.1 Å². The molecule has 104 valence electrons. The molecule has 1 aromatic heterocycles. The largest absolute Gasteiger partial charge is 0.375 e. The van der Waals surface area contributed by atoms with Crippen LogP contribution in [0, 0.1) is 0 Å². The topological polar surface area (TPSA) is 50.3 Å². The molecule has 1 saturated heterocycles. The molecule has 0 radical (unpaired) electrons. The Morgan fingerprint density at radius 3 is 3.00 bits per heavy atom. The lowest BCUT2D eigenvalue weighted by molar-refractivity contribution is 0.0340. The zero-order valence-electron chi connectivity index (χ0n) is 11.7. The van der Waals surface area contributed by atoms with Crippen LogP contribution < -0.4 is 10.2 Å². The van der Waals surface area contributed by atoms with E-state index in [-0.39, 0.29) is 6.10 Å². The van der Waals surface area contributed by atoms with Gasteiger partial charge < -0.3 is 15.0 Å². The van der Waals surface area contributed by atoms with Gasteiger partial charge in [-0.15, -0.1) is 0 Å². The molecule has 5 nitrogen and oxygen atoms in total. The van der Waals surface area contributed by atoms with Gasteiger partial charge in [0, 0.05) is 25.3 Å². The molecule has 1 aromatic rings. The summed E-state index contributed by atoms with van der Waals surface area (Å²) in [5.74, 6) is 0.970. The first kappa shape index (κ1) is 12.8. The molecule has 0 spiro atoms. The highest BCUT2D eigenvalue weighted by molar-refractivity contribution is 5.38. The maximum absolute atomic E-state index is 5.66. The molecule has 0 bridgehead atoms. The Kier molecular flexibility index (Phi) is 3.66. The molecule has 19 heavy (non-hydrogen) atoms. The van der Waals surface area contributed by atoms with Gasteiger partial charge in [-0.1, -0.05) is 0 Å². The highest BCUT2D eigenvalue weighted by atomic mass is 16.5. The summed E-state index contributed by atoms with van der Waals surface area (Å²) in [6.45, 7) is 6.73. The van der Waals surface area contributed by atoms with Gasteiger partial charge in [0.25, 0.3) is 0 Å². The fraction of sp³-hybridized carbons (Fsp3) is 0.714. The van der Waals surface area contributed by atoms with E-state index in [1.165, 1.54) is 12.8 Å². The van der Waals surface area contributed by atoms with Crippen molar-refractivity contribution >= 4 is 5.82 Å². The summed E-state index contributed by atoms with van der Waals surface area (Å²) in [5, 5.41) is 3.48. The first-order chi connectivity index (χ1) is 9.22. The van der Waals surface area contributed by atoms with Crippen molar-refractivity contribution < 1.29 is 4.74 Å². The van der Waals surface area contributed by atoms with E-state index in [1.807, 2.05) is 12.4 Å². The van der Waals surface area contributed by atoms with Gasteiger partial charge in [-0.05, 0) is 26.7 Å². The Hall–Kier alpha value is -1.20. The maximum atomic E-state index is 5.66. The first-order valence-electron chi connectivity index (χ1n) is 7.15. The summed E-state index contributed by atoms with van der Waals surface area (Å²) >= 11 is 0. The highest BCUT2D eigenvalue weighted by Gasteiger charge is 2.25. The number of nitrogens with one attached hydrogen (secondary N) is 1. The quantitative estimate of drug-likeness (QED) is 0.887. The van der Waals surface area contributed by atoms with Gasteiger partial charge in [0.05, 0.1) is 30.6 Å². The molecular weight excluding hydrogens is 240 g/mol. The molecule has 2 heterocycles. The number of aromatic nitrogens is 2. The van der Waals surface area contributed by atoms with Crippen molar-refractivity contribution in [3.8, 4) is 0 Å². The summed E-state index contributed by atoms with van der Waals surface area (Å²) in [6.07, 6.45) is 6.56. The van der Waals surface area contributed by atoms with E-state index < -0.39 is 0 Å². The lowest BCUT2D eigenvalue weighted by Crippen LogP contribution is -2.47. The van der Waals surface area contributed by atoms with Crippen LogP contribution in [0.3, 0.4) is 0 Å². The van der Waals surface area contributed by atoms with Gasteiger partial charge in [-0.25, -0.2) is 4.98 Å². The minimum atomic E-state index is 0.256. The van der Waals surface area contributed by atoms with Crippen LogP contribution in [0.5, 0.6) is 0 Å². The predicted octanol–water partition coefficient (Wildman–Crippen LogP) is 1.34. The molecule has 2 fully saturated rings. The van der Waals surface area contributed by atoms with Crippen LogP contribution in [0.1, 0.15) is 32.4 Å². The van der Waals surface area contributed by atoms with Crippen molar-refractivity contribution in [2.75, 3.05) is 18.1 Å². The lowest BCUT2D eigenvalue weighted by Gasteiger charge is -2.37. The van der Waals surface area contributed by atoms with Gasteiger partial charge in [-0.3, -0.25) is 4.98 Å². The van der Waals surface area contributed by atoms with Crippen LogP contribution in [0.25, 0.3) is 0 Å². The Morgan fingerprint density at radius 2 is 2.21 bits per heavy atom. The van der Waals surface area contributed by atoms with Crippen LogP contribution in [0.15, 0.2) is 12.4 Å². The fourth-order valence-corrected chi connectivity index (χ4v) is 2.38. The molecular formula is C14H22N4O. The second-order valence-electron chi connectivity index (χ2n) is 5.67. The molecule has 2 atom stereocenters. The summed E-state index contributed by atoms with van der Waals surface area (Å²) in [5.41, 5.74) is 1.02. The molecule has 0 aromatic carbocycles. The normalized spacial score (nSPS) is 27.6. The molecule has 1 N–H and O–H groups in total. The Balaban J connectivity index is 1.69. The van der Waals surface area contributed by atoms with Crippen LogP contribution >= 0.6 is 0 Å². The number of nitrogens with zero attached hydrogens (tertiary/aromatic N) is 3. The SMILES string of the molecule is CC1CN(c2cncc(CNC3CC3)n2)C(C)CO1. The zero-order chi connectivity index (χ0) is 13.2. The Morgan fingerprint density at radius 1 is 1.37 bits per heavy atom. The molecule has 1 aliphatic carbocycles. The summed E-state index contributed by atoms with van der Waals surface area (Å²) < 4.78 is 5.66. The molecule has 5 heteroatoms. The molecule has 2 aliphatic rings. The predicted molar refractivity (Wildman–Crippen MR) is 74.1 cm³/mol. The fourth-order valence-electron chi connectivity index (χ4n) is 2.38. The number of hydrogen-bond acceptors (Lipinski definition) is 5. The number of rotatable bonds is 4. The monoisotopic (exact) mass is 262 g/mol. The van der Waals surface area contributed by atoms with Crippen LogP contribution in [-0.2, 0) is 11.3 Å². The minimum absolute atomic E-state index is 0.256. The smallest absolute Gasteiger partial charge is 0.147 e. The van der Waals surface area contributed by atoms with Crippen LogP contribution in [0.2, 0.25) is 0 Å². The maximum Gasteiger partial charge on any atom is 0.147 e. The van der Waals surface area contributed by atoms with E-state index in [2.05, 4.69) is 29.0 Å². The van der Waals surface area contributed by atoms with Gasteiger partial charge in [0.2, 0.25) is 0 Å². The van der Waals surface area contributed by atoms with Crippen LogP contribution in [0.4, 0.5) is 5.82 Å². The molecule has 1 aliphatic heterocycles. The second kappa shape index (κ2) is 5.43. The minimum Gasteiger partial charge on any atom is -0.375 e. The van der Waals surface area contributed by atoms with E-state index in [1.54, 1.807) is 0 Å². The van der Waals surface area contributed by atoms with Crippen molar-refractivity contribution in [1.82, 2.24) is 15.3 Å². The molecule has 1 saturated carbocycles. The standard InChI is InChI=1S/C14H22N4O/c1-10-9-19-11(2)8-18(10)14-7-15-5-13(17-14)6-16-12-3-4-12/h5,7,10-12,16H,3-4,6,8-9H2,1-2H3. The number of ether oxygens (including phenoxy) is 1. The van der Waals surface area contributed by atoms with E-state index in [0.29, 0.717) is 12.1 Å². The van der Waals surface area contributed by atoms with Crippen molar-refractivity contribution in [3.63, 3.8) is 0 Å². The van der Waals surface area contributed by atoms with E-state index >= 15 is 0 Å². The van der Waals surface area contributed by atoms with Gasteiger partial charge in [0.15, 0.2) is 0 Å². The number of anilines is 1. The van der Waals surface area contributed by atoms with E-state index in [0.717, 1.165) is 31.2 Å². The molecule has 3 rings (SSSR count). The average Bonchev–Trinajstić information content (AvgIpc) is 3.24. The van der Waals surface area contributed by atoms with E-state index in [9.17, 15) is 0 Å². The van der Waals surface area contributed by atoms with Crippen molar-refractivity contribution in [1.29, 1.82) is 0 Å². The third kappa shape index (κ3) is 3.22. The van der Waals surface area contributed by atoms with Crippen molar-refractivity contribution in [2.24, 2.45) is 0 Å². The molecule has 0 amide bonds. The number of morpholine rings is 1.